The summed E-state index contributed by atoms with van der Waals surface area (Å²) >= 11 is 0. The number of amides is 2. The number of rotatable bonds is 1. The van der Waals surface area contributed by atoms with Crippen LogP contribution in [-0.4, -0.2) is 52.6 Å². The van der Waals surface area contributed by atoms with Gasteiger partial charge in [-0.05, 0) is 32.6 Å². The van der Waals surface area contributed by atoms with Gasteiger partial charge in [0, 0.05) is 25.7 Å². The molecule has 1 N–H and O–H groups in total. The number of urea groups is 1. The van der Waals surface area contributed by atoms with Crippen LogP contribution in [0.3, 0.4) is 0 Å². The molecule has 0 aromatic rings. The highest BCUT2D eigenvalue weighted by Gasteiger charge is 2.31. The van der Waals surface area contributed by atoms with E-state index in [-0.39, 0.29) is 11.9 Å². The number of carboxylic acid groups (broad SMARTS) is 1. The van der Waals surface area contributed by atoms with Crippen LogP contribution >= 0.6 is 0 Å². The molecule has 2 rings (SSSR count). The molecule has 5 heteroatoms. The Hall–Kier alpha value is -1.26. The lowest BCUT2D eigenvalue weighted by Crippen LogP contribution is -2.50. The SMILES string of the molecule is CC1CCCCCN1C(=O)N1CCC(C(=O)O)CC1. The molecule has 2 fully saturated rings. The fourth-order valence-corrected chi connectivity index (χ4v) is 3.06. The van der Waals surface area contributed by atoms with E-state index in [0.29, 0.717) is 32.0 Å². The van der Waals surface area contributed by atoms with Crippen LogP contribution in [0.4, 0.5) is 4.79 Å². The number of likely N-dealkylation sites (tertiary alicyclic amines) is 2. The second-order valence-electron chi connectivity index (χ2n) is 5.77. The van der Waals surface area contributed by atoms with Gasteiger partial charge < -0.3 is 14.9 Å². The molecule has 2 aliphatic heterocycles. The van der Waals surface area contributed by atoms with E-state index < -0.39 is 5.97 Å². The van der Waals surface area contributed by atoms with Gasteiger partial charge in [0.1, 0.15) is 0 Å². The zero-order valence-corrected chi connectivity index (χ0v) is 11.7. The van der Waals surface area contributed by atoms with Gasteiger partial charge in [-0.25, -0.2) is 4.79 Å². The molecule has 0 bridgehead atoms. The van der Waals surface area contributed by atoms with Crippen LogP contribution in [0.1, 0.15) is 45.4 Å². The Kier molecular flexibility index (Phi) is 4.66. The average Bonchev–Trinajstić information content (AvgIpc) is 2.63. The van der Waals surface area contributed by atoms with Crippen molar-refractivity contribution in [2.75, 3.05) is 19.6 Å². The molecular formula is C14H24N2O3. The summed E-state index contributed by atoms with van der Waals surface area (Å²) < 4.78 is 0. The van der Waals surface area contributed by atoms with E-state index in [1.54, 1.807) is 0 Å². The van der Waals surface area contributed by atoms with Crippen molar-refractivity contribution >= 4 is 12.0 Å². The average molecular weight is 268 g/mol. The van der Waals surface area contributed by atoms with Crippen molar-refractivity contribution in [3.63, 3.8) is 0 Å². The number of hydrogen-bond donors (Lipinski definition) is 1. The Morgan fingerprint density at radius 1 is 1.00 bits per heavy atom. The molecule has 1 unspecified atom stereocenters. The van der Waals surface area contributed by atoms with Gasteiger partial charge in [0.15, 0.2) is 0 Å². The number of aliphatic carboxylic acids is 1. The van der Waals surface area contributed by atoms with Crippen LogP contribution in [0.2, 0.25) is 0 Å². The molecule has 0 saturated carbocycles. The zero-order valence-electron chi connectivity index (χ0n) is 11.7. The maximum Gasteiger partial charge on any atom is 0.320 e. The van der Waals surface area contributed by atoms with Crippen molar-refractivity contribution in [1.82, 2.24) is 9.80 Å². The fourth-order valence-electron chi connectivity index (χ4n) is 3.06. The van der Waals surface area contributed by atoms with E-state index in [0.717, 1.165) is 19.4 Å². The predicted molar refractivity (Wildman–Crippen MR) is 72.0 cm³/mol. The molecule has 2 aliphatic rings. The summed E-state index contributed by atoms with van der Waals surface area (Å²) in [5.41, 5.74) is 0. The smallest absolute Gasteiger partial charge is 0.320 e. The quantitative estimate of drug-likeness (QED) is 0.792. The van der Waals surface area contributed by atoms with Crippen molar-refractivity contribution in [3.8, 4) is 0 Å². The number of hydrogen-bond acceptors (Lipinski definition) is 2. The summed E-state index contributed by atoms with van der Waals surface area (Å²) in [6, 6.07) is 0.422. The Morgan fingerprint density at radius 2 is 1.68 bits per heavy atom. The molecule has 0 spiro atoms. The summed E-state index contributed by atoms with van der Waals surface area (Å²) in [5, 5.41) is 8.98. The molecule has 0 aliphatic carbocycles. The first-order valence-corrected chi connectivity index (χ1v) is 7.38. The van der Waals surface area contributed by atoms with E-state index in [2.05, 4.69) is 6.92 Å². The molecule has 2 amide bonds. The number of carbonyl (C=O) groups excluding carboxylic acids is 1. The van der Waals surface area contributed by atoms with Gasteiger partial charge in [0.2, 0.25) is 0 Å². The maximum absolute atomic E-state index is 12.5. The molecule has 2 saturated heterocycles. The third-order valence-electron chi connectivity index (χ3n) is 4.41. The summed E-state index contributed by atoms with van der Waals surface area (Å²) in [6.45, 7) is 4.13. The van der Waals surface area contributed by atoms with Crippen molar-refractivity contribution < 1.29 is 14.7 Å². The lowest BCUT2D eigenvalue weighted by Gasteiger charge is -2.36. The Labute approximate surface area is 114 Å². The van der Waals surface area contributed by atoms with Crippen LogP contribution in [0, 0.1) is 5.92 Å². The number of carboxylic acids is 1. The largest absolute Gasteiger partial charge is 0.481 e. The molecule has 1 atom stereocenters. The van der Waals surface area contributed by atoms with Crippen LogP contribution in [0.25, 0.3) is 0 Å². The van der Waals surface area contributed by atoms with Crippen molar-refractivity contribution in [2.45, 2.75) is 51.5 Å². The van der Waals surface area contributed by atoms with E-state index in [1.807, 2.05) is 9.80 Å². The van der Waals surface area contributed by atoms with Crippen molar-refractivity contribution in [2.24, 2.45) is 5.92 Å². The molecule has 2 heterocycles. The number of piperidine rings is 1. The lowest BCUT2D eigenvalue weighted by molar-refractivity contribution is -0.143. The Bertz CT molecular complexity index is 338. The highest BCUT2D eigenvalue weighted by molar-refractivity contribution is 5.76. The lowest BCUT2D eigenvalue weighted by atomic mass is 9.97. The van der Waals surface area contributed by atoms with Crippen LogP contribution in [0.15, 0.2) is 0 Å². The third-order valence-corrected chi connectivity index (χ3v) is 4.41. The van der Waals surface area contributed by atoms with Crippen LogP contribution in [0.5, 0.6) is 0 Å². The first-order valence-electron chi connectivity index (χ1n) is 7.38. The monoisotopic (exact) mass is 268 g/mol. The predicted octanol–water partition coefficient (Wildman–Crippen LogP) is 2.17. The van der Waals surface area contributed by atoms with Crippen molar-refractivity contribution in [3.05, 3.63) is 0 Å². The van der Waals surface area contributed by atoms with E-state index >= 15 is 0 Å². The number of nitrogens with zero attached hydrogens (tertiary/aromatic N) is 2. The highest BCUT2D eigenvalue weighted by atomic mass is 16.4. The van der Waals surface area contributed by atoms with Crippen molar-refractivity contribution in [1.29, 1.82) is 0 Å². The standard InChI is InChI=1S/C14H24N2O3/c1-11-5-3-2-4-8-16(11)14(19)15-9-6-12(7-10-15)13(17)18/h11-12H,2-10H2,1H3,(H,17,18). The van der Waals surface area contributed by atoms with Crippen LogP contribution < -0.4 is 0 Å². The van der Waals surface area contributed by atoms with Gasteiger partial charge in [-0.2, -0.15) is 0 Å². The number of carbonyl (C=O) groups is 2. The minimum Gasteiger partial charge on any atom is -0.481 e. The topological polar surface area (TPSA) is 60.9 Å². The highest BCUT2D eigenvalue weighted by Crippen LogP contribution is 2.22. The minimum absolute atomic E-state index is 0.109. The first-order chi connectivity index (χ1) is 9.09. The van der Waals surface area contributed by atoms with E-state index in [9.17, 15) is 9.59 Å². The third kappa shape index (κ3) is 3.39. The Balaban J connectivity index is 1.91. The molecule has 5 nitrogen and oxygen atoms in total. The van der Waals surface area contributed by atoms with Gasteiger partial charge in [0.05, 0.1) is 5.92 Å². The second-order valence-corrected chi connectivity index (χ2v) is 5.77. The molecule has 19 heavy (non-hydrogen) atoms. The van der Waals surface area contributed by atoms with Crippen LogP contribution in [-0.2, 0) is 4.79 Å². The van der Waals surface area contributed by atoms with E-state index in [1.165, 1.54) is 12.8 Å². The van der Waals surface area contributed by atoms with E-state index in [4.69, 9.17) is 5.11 Å². The first kappa shape index (κ1) is 14.2. The van der Waals surface area contributed by atoms with Gasteiger partial charge in [-0.3, -0.25) is 4.79 Å². The minimum atomic E-state index is -0.727. The molecule has 0 aromatic carbocycles. The summed E-state index contributed by atoms with van der Waals surface area (Å²) in [5.74, 6) is -0.999. The van der Waals surface area contributed by atoms with Gasteiger partial charge in [-0.1, -0.05) is 12.8 Å². The molecule has 108 valence electrons. The molecule has 0 aromatic heterocycles. The second kappa shape index (κ2) is 6.26. The molecule has 0 radical (unpaired) electrons. The molecular weight excluding hydrogens is 244 g/mol. The maximum atomic E-state index is 12.5. The summed E-state index contributed by atoms with van der Waals surface area (Å²) in [7, 11) is 0. The van der Waals surface area contributed by atoms with Gasteiger partial charge in [-0.15, -0.1) is 0 Å². The summed E-state index contributed by atoms with van der Waals surface area (Å²) in [4.78, 5) is 27.2. The van der Waals surface area contributed by atoms with Gasteiger partial charge >= 0.3 is 12.0 Å². The summed E-state index contributed by atoms with van der Waals surface area (Å²) in [6.07, 6.45) is 5.74. The van der Waals surface area contributed by atoms with Gasteiger partial charge in [0.25, 0.3) is 0 Å². The Morgan fingerprint density at radius 3 is 2.32 bits per heavy atom. The normalized spacial score (nSPS) is 26.1. The zero-order chi connectivity index (χ0) is 13.8. The fraction of sp³-hybridized carbons (Fsp3) is 0.857.